The number of carbonyl (C=O) groups is 2. The molecule has 0 fully saturated rings. The van der Waals surface area contributed by atoms with Gasteiger partial charge in [-0.2, -0.15) is 0 Å². The Balaban J connectivity index is 2.82. The van der Waals surface area contributed by atoms with Crippen molar-refractivity contribution in [1.29, 1.82) is 0 Å². The molecule has 4 heteroatoms. The number of para-hydroxylation sites is 1. The van der Waals surface area contributed by atoms with Gasteiger partial charge >= 0.3 is 0 Å². The normalized spacial score (nSPS) is 11.2. The molecule has 0 aliphatic heterocycles. The number of anilines is 1. The summed E-state index contributed by atoms with van der Waals surface area (Å²) in [5.41, 5.74) is 7.64. The molecule has 1 aromatic carbocycles. The summed E-state index contributed by atoms with van der Waals surface area (Å²) in [4.78, 5) is 22.9. The fourth-order valence-corrected chi connectivity index (χ4v) is 1.91. The van der Waals surface area contributed by atoms with E-state index in [2.05, 4.69) is 12.2 Å². The van der Waals surface area contributed by atoms with Gasteiger partial charge in [-0.1, -0.05) is 38.0 Å². The highest BCUT2D eigenvalue weighted by atomic mass is 16.1. The molecule has 0 heterocycles. The average Bonchev–Trinajstić information content (AvgIpc) is 2.38. The number of nitrogens with one attached hydrogen (secondary N) is 1. The topological polar surface area (TPSA) is 72.2 Å². The summed E-state index contributed by atoms with van der Waals surface area (Å²) in [7, 11) is 0. The van der Waals surface area contributed by atoms with Crippen LogP contribution in [0.5, 0.6) is 0 Å². The van der Waals surface area contributed by atoms with Gasteiger partial charge < -0.3 is 11.1 Å². The van der Waals surface area contributed by atoms with E-state index in [1.54, 1.807) is 12.1 Å². The standard InChI is InChI=1S/C16H22N2O2/c1-3-4-5-8-13(20)11-15(17)14-9-6-7-10-16(14)18-12(2)19/h6-7,9-11H,3-5,8,17H2,1-2H3,(H,18,19)/b15-11-. The largest absolute Gasteiger partial charge is 0.398 e. The molecular formula is C16H22N2O2. The molecular weight excluding hydrogens is 252 g/mol. The molecule has 4 nitrogen and oxygen atoms in total. The maximum absolute atomic E-state index is 11.8. The SMILES string of the molecule is CCCCCC(=O)/C=C(\N)c1ccccc1NC(C)=O. The van der Waals surface area contributed by atoms with Crippen LogP contribution in [0, 0.1) is 0 Å². The fraction of sp³-hybridized carbons (Fsp3) is 0.375. The number of hydrogen-bond acceptors (Lipinski definition) is 3. The van der Waals surface area contributed by atoms with Crippen LogP contribution in [0.4, 0.5) is 5.69 Å². The first-order chi connectivity index (χ1) is 9.54. The van der Waals surface area contributed by atoms with Crippen molar-refractivity contribution in [2.75, 3.05) is 5.32 Å². The smallest absolute Gasteiger partial charge is 0.221 e. The second-order valence-corrected chi connectivity index (χ2v) is 4.75. The number of carbonyl (C=O) groups excluding carboxylic acids is 2. The quantitative estimate of drug-likeness (QED) is 0.593. The van der Waals surface area contributed by atoms with Gasteiger partial charge in [0.2, 0.25) is 5.91 Å². The first-order valence-corrected chi connectivity index (χ1v) is 6.91. The van der Waals surface area contributed by atoms with Gasteiger partial charge in [-0.05, 0) is 12.5 Å². The zero-order valence-corrected chi connectivity index (χ0v) is 12.1. The highest BCUT2D eigenvalue weighted by molar-refractivity contribution is 5.99. The Morgan fingerprint density at radius 2 is 1.95 bits per heavy atom. The van der Waals surface area contributed by atoms with E-state index in [-0.39, 0.29) is 11.7 Å². The summed E-state index contributed by atoms with van der Waals surface area (Å²) in [6, 6.07) is 7.18. The predicted octanol–water partition coefficient (Wildman–Crippen LogP) is 3.09. The summed E-state index contributed by atoms with van der Waals surface area (Å²) in [6.45, 7) is 3.53. The summed E-state index contributed by atoms with van der Waals surface area (Å²) < 4.78 is 0. The van der Waals surface area contributed by atoms with Crippen LogP contribution in [-0.4, -0.2) is 11.7 Å². The van der Waals surface area contributed by atoms with E-state index in [1.807, 2.05) is 12.1 Å². The number of unbranched alkanes of at least 4 members (excludes halogenated alkanes) is 2. The molecule has 20 heavy (non-hydrogen) atoms. The third-order valence-electron chi connectivity index (χ3n) is 2.89. The molecule has 0 aromatic heterocycles. The van der Waals surface area contributed by atoms with Gasteiger partial charge in [-0.15, -0.1) is 0 Å². The maximum atomic E-state index is 11.8. The van der Waals surface area contributed by atoms with Crippen molar-refractivity contribution in [1.82, 2.24) is 0 Å². The van der Waals surface area contributed by atoms with Crippen molar-refractivity contribution in [3.8, 4) is 0 Å². The van der Waals surface area contributed by atoms with Crippen LogP contribution in [0.3, 0.4) is 0 Å². The molecule has 3 N–H and O–H groups in total. The van der Waals surface area contributed by atoms with Gasteiger partial charge in [-0.3, -0.25) is 9.59 Å². The Kier molecular flexibility index (Phi) is 6.50. The summed E-state index contributed by atoms with van der Waals surface area (Å²) in [5.74, 6) is -0.145. The van der Waals surface area contributed by atoms with E-state index in [9.17, 15) is 9.59 Å². The van der Waals surface area contributed by atoms with Gasteiger partial charge in [0.05, 0.1) is 5.69 Å². The van der Waals surface area contributed by atoms with E-state index in [0.717, 1.165) is 19.3 Å². The Labute approximate surface area is 120 Å². The number of amides is 1. The first kappa shape index (κ1) is 16.0. The van der Waals surface area contributed by atoms with Gasteiger partial charge in [0.25, 0.3) is 0 Å². The number of hydrogen-bond donors (Lipinski definition) is 2. The number of rotatable bonds is 7. The predicted molar refractivity (Wildman–Crippen MR) is 82.1 cm³/mol. The van der Waals surface area contributed by atoms with Crippen molar-refractivity contribution in [3.05, 3.63) is 35.9 Å². The lowest BCUT2D eigenvalue weighted by Gasteiger charge is -2.09. The van der Waals surface area contributed by atoms with Crippen LogP contribution >= 0.6 is 0 Å². The van der Waals surface area contributed by atoms with E-state index in [4.69, 9.17) is 5.73 Å². The molecule has 1 aromatic rings. The minimum atomic E-state index is -0.167. The monoisotopic (exact) mass is 274 g/mol. The van der Waals surface area contributed by atoms with Crippen molar-refractivity contribution in [3.63, 3.8) is 0 Å². The van der Waals surface area contributed by atoms with Crippen LogP contribution in [0.15, 0.2) is 30.3 Å². The van der Waals surface area contributed by atoms with E-state index >= 15 is 0 Å². The van der Waals surface area contributed by atoms with Crippen LogP contribution in [0.2, 0.25) is 0 Å². The van der Waals surface area contributed by atoms with Gasteiger partial charge in [0.1, 0.15) is 0 Å². The van der Waals surface area contributed by atoms with Crippen LogP contribution < -0.4 is 11.1 Å². The third-order valence-corrected chi connectivity index (χ3v) is 2.89. The Morgan fingerprint density at radius 3 is 2.60 bits per heavy atom. The molecule has 0 aliphatic rings. The second-order valence-electron chi connectivity index (χ2n) is 4.75. The summed E-state index contributed by atoms with van der Waals surface area (Å²) in [5, 5.41) is 2.71. The van der Waals surface area contributed by atoms with Gasteiger partial charge in [0, 0.05) is 30.7 Å². The number of allylic oxidation sites excluding steroid dienone is 1. The lowest BCUT2D eigenvalue weighted by molar-refractivity contribution is -0.115. The minimum absolute atomic E-state index is 0.0218. The van der Waals surface area contributed by atoms with Gasteiger partial charge in [0.15, 0.2) is 5.78 Å². The first-order valence-electron chi connectivity index (χ1n) is 6.91. The molecule has 108 valence electrons. The molecule has 0 spiro atoms. The van der Waals surface area contributed by atoms with E-state index in [1.165, 1.54) is 13.0 Å². The van der Waals surface area contributed by atoms with Crippen LogP contribution in [0.1, 0.15) is 45.1 Å². The van der Waals surface area contributed by atoms with Crippen molar-refractivity contribution in [2.45, 2.75) is 39.5 Å². The van der Waals surface area contributed by atoms with Gasteiger partial charge in [-0.25, -0.2) is 0 Å². The second kappa shape index (κ2) is 8.15. The molecule has 0 saturated carbocycles. The molecule has 0 bridgehead atoms. The Hall–Kier alpha value is -2.10. The highest BCUT2D eigenvalue weighted by Crippen LogP contribution is 2.20. The van der Waals surface area contributed by atoms with Crippen LogP contribution in [0.25, 0.3) is 5.70 Å². The molecule has 0 atom stereocenters. The van der Waals surface area contributed by atoms with E-state index in [0.29, 0.717) is 23.4 Å². The summed E-state index contributed by atoms with van der Waals surface area (Å²) in [6.07, 6.45) is 4.97. The highest BCUT2D eigenvalue weighted by Gasteiger charge is 2.07. The zero-order valence-electron chi connectivity index (χ0n) is 12.1. The molecule has 0 radical (unpaired) electrons. The average molecular weight is 274 g/mol. The maximum Gasteiger partial charge on any atom is 0.221 e. The lowest BCUT2D eigenvalue weighted by atomic mass is 10.1. The Bertz CT molecular complexity index is 507. The van der Waals surface area contributed by atoms with Crippen molar-refractivity contribution < 1.29 is 9.59 Å². The number of benzene rings is 1. The third kappa shape index (κ3) is 5.26. The summed E-state index contributed by atoms with van der Waals surface area (Å²) >= 11 is 0. The lowest BCUT2D eigenvalue weighted by Crippen LogP contribution is -2.10. The molecule has 0 aliphatic carbocycles. The number of nitrogens with two attached hydrogens (primary N) is 1. The van der Waals surface area contributed by atoms with Crippen molar-refractivity contribution in [2.24, 2.45) is 5.73 Å². The number of ketones is 1. The van der Waals surface area contributed by atoms with E-state index < -0.39 is 0 Å². The molecule has 0 unspecified atom stereocenters. The minimum Gasteiger partial charge on any atom is -0.398 e. The molecule has 0 saturated heterocycles. The Morgan fingerprint density at radius 1 is 1.25 bits per heavy atom. The zero-order chi connectivity index (χ0) is 15.0. The van der Waals surface area contributed by atoms with Crippen molar-refractivity contribution >= 4 is 23.1 Å². The molecule has 1 rings (SSSR count). The van der Waals surface area contributed by atoms with Crippen LogP contribution in [-0.2, 0) is 9.59 Å². The fourth-order valence-electron chi connectivity index (χ4n) is 1.91. The molecule has 1 amide bonds.